The summed E-state index contributed by atoms with van der Waals surface area (Å²) < 4.78 is 20.9. The molecular formula is C22H42O4Si2. The highest BCUT2D eigenvalue weighted by atomic mass is 28.2. The van der Waals surface area contributed by atoms with Gasteiger partial charge in [-0.2, -0.15) is 0 Å². The highest BCUT2D eigenvalue weighted by molar-refractivity contribution is 6.55. The second kappa shape index (κ2) is 17.4. The molecule has 0 saturated carbocycles. The Morgan fingerprint density at radius 3 is 1.25 bits per heavy atom. The molecule has 1 rings (SSSR count). The van der Waals surface area contributed by atoms with E-state index in [9.17, 15) is 0 Å². The molecule has 0 fully saturated rings. The summed E-state index contributed by atoms with van der Waals surface area (Å²) in [5.74, 6) is 0. The molecule has 0 bridgehead atoms. The molecule has 0 N–H and O–H groups in total. The minimum atomic E-state index is -0.0991. The van der Waals surface area contributed by atoms with Crippen molar-refractivity contribution in [1.82, 2.24) is 0 Å². The first-order chi connectivity index (χ1) is 13.7. The van der Waals surface area contributed by atoms with Crippen molar-refractivity contribution in [3.05, 3.63) is 24.3 Å². The van der Waals surface area contributed by atoms with Crippen LogP contribution in [-0.2, 0) is 18.9 Å². The van der Waals surface area contributed by atoms with Crippen molar-refractivity contribution in [3.8, 4) is 0 Å². The van der Waals surface area contributed by atoms with E-state index in [1.807, 2.05) is 0 Å². The number of methoxy groups -OCH3 is 4. The maximum absolute atomic E-state index is 5.23. The summed E-state index contributed by atoms with van der Waals surface area (Å²) in [6.07, 6.45) is 9.62. The summed E-state index contributed by atoms with van der Waals surface area (Å²) in [5, 5.41) is 3.24. The second-order valence-electron chi connectivity index (χ2n) is 7.52. The third-order valence-corrected chi connectivity index (χ3v) is 9.19. The van der Waals surface area contributed by atoms with E-state index in [2.05, 4.69) is 24.3 Å². The van der Waals surface area contributed by atoms with E-state index in [4.69, 9.17) is 18.9 Å². The van der Waals surface area contributed by atoms with Crippen LogP contribution in [0.15, 0.2) is 24.3 Å². The molecule has 0 heterocycles. The minimum Gasteiger partial charge on any atom is -0.356 e. The van der Waals surface area contributed by atoms with E-state index >= 15 is 0 Å². The lowest BCUT2D eigenvalue weighted by Crippen LogP contribution is -2.20. The van der Waals surface area contributed by atoms with Gasteiger partial charge in [0.05, 0.1) is 19.0 Å². The first-order valence-corrected chi connectivity index (χ1v) is 14.3. The van der Waals surface area contributed by atoms with Crippen LogP contribution in [-0.4, -0.2) is 60.1 Å². The van der Waals surface area contributed by atoms with Gasteiger partial charge in [-0.05, 0) is 25.7 Å². The summed E-state index contributed by atoms with van der Waals surface area (Å²) in [6, 6.07) is 12.4. The Balaban J connectivity index is 2.06. The van der Waals surface area contributed by atoms with Crippen molar-refractivity contribution in [2.75, 3.05) is 28.4 Å². The molecule has 0 aromatic heterocycles. The van der Waals surface area contributed by atoms with Gasteiger partial charge in [0.1, 0.15) is 0 Å². The Labute approximate surface area is 177 Å². The Morgan fingerprint density at radius 1 is 0.571 bits per heavy atom. The summed E-state index contributed by atoms with van der Waals surface area (Å²) in [4.78, 5) is 0. The molecule has 0 atom stereocenters. The van der Waals surface area contributed by atoms with Crippen molar-refractivity contribution in [1.29, 1.82) is 0 Å². The molecule has 0 radical (unpaired) electrons. The lowest BCUT2D eigenvalue weighted by molar-refractivity contribution is -0.107. The number of hydrogen-bond acceptors (Lipinski definition) is 4. The summed E-state index contributed by atoms with van der Waals surface area (Å²) >= 11 is 0. The minimum absolute atomic E-state index is 0.0263. The van der Waals surface area contributed by atoms with E-state index < -0.39 is 0 Å². The molecule has 0 aliphatic heterocycles. The molecule has 1 aromatic rings. The van der Waals surface area contributed by atoms with Crippen LogP contribution in [0.25, 0.3) is 0 Å². The summed E-state index contributed by atoms with van der Waals surface area (Å²) in [7, 11) is 6.67. The highest BCUT2D eigenvalue weighted by Gasteiger charge is 2.05. The summed E-state index contributed by atoms with van der Waals surface area (Å²) in [5.41, 5.74) is 0. The SMILES string of the molecule is COC(CCCCC[SiH2]c1ccc([SiH2]CCCCCC(OC)OC)cc1)OC. The van der Waals surface area contributed by atoms with Crippen LogP contribution in [0.3, 0.4) is 0 Å². The largest absolute Gasteiger partial charge is 0.356 e. The standard InChI is InChI=1S/C22H42O4Si2/c1-23-21(24-2)11-7-5-9-17-27-19-13-15-20(16-14-19)28-18-10-6-8-12-22(25-3)26-4/h13-16,21-22H,5-12,17-18,27-28H2,1-4H3. The molecule has 28 heavy (non-hydrogen) atoms. The van der Waals surface area contributed by atoms with Gasteiger partial charge in [-0.25, -0.2) is 0 Å². The fourth-order valence-corrected chi connectivity index (χ4v) is 6.69. The predicted molar refractivity (Wildman–Crippen MR) is 125 cm³/mol. The van der Waals surface area contributed by atoms with Gasteiger partial charge in [-0.15, -0.1) is 0 Å². The van der Waals surface area contributed by atoms with E-state index in [-0.39, 0.29) is 31.6 Å². The normalized spacial score (nSPS) is 12.5. The molecule has 0 aliphatic rings. The maximum Gasteiger partial charge on any atom is 0.156 e. The van der Waals surface area contributed by atoms with Crippen LogP contribution in [0, 0.1) is 0 Å². The van der Waals surface area contributed by atoms with Gasteiger partial charge in [0.2, 0.25) is 0 Å². The number of unbranched alkanes of at least 4 members (excludes halogenated alkanes) is 4. The second-order valence-corrected chi connectivity index (χ2v) is 11.6. The Hall–Kier alpha value is -0.506. The van der Waals surface area contributed by atoms with Crippen molar-refractivity contribution in [2.24, 2.45) is 0 Å². The van der Waals surface area contributed by atoms with Crippen LogP contribution < -0.4 is 10.4 Å². The van der Waals surface area contributed by atoms with Crippen molar-refractivity contribution in [3.63, 3.8) is 0 Å². The van der Waals surface area contributed by atoms with Gasteiger partial charge in [0.15, 0.2) is 12.6 Å². The first-order valence-electron chi connectivity index (χ1n) is 10.9. The van der Waals surface area contributed by atoms with Crippen LogP contribution in [0.5, 0.6) is 0 Å². The fourth-order valence-electron chi connectivity index (χ4n) is 3.52. The molecule has 0 spiro atoms. The summed E-state index contributed by atoms with van der Waals surface area (Å²) in [6.45, 7) is 0. The van der Waals surface area contributed by atoms with Crippen molar-refractivity contribution in [2.45, 2.75) is 76.0 Å². The quantitative estimate of drug-likeness (QED) is 0.205. The molecule has 6 heteroatoms. The zero-order chi connectivity index (χ0) is 20.5. The average Bonchev–Trinajstić information content (AvgIpc) is 2.74. The molecule has 0 aliphatic carbocycles. The van der Waals surface area contributed by atoms with Gasteiger partial charge in [0, 0.05) is 28.4 Å². The molecule has 0 unspecified atom stereocenters. The highest BCUT2D eigenvalue weighted by Crippen LogP contribution is 2.09. The van der Waals surface area contributed by atoms with Crippen LogP contribution >= 0.6 is 0 Å². The zero-order valence-corrected chi connectivity index (χ0v) is 21.4. The smallest absolute Gasteiger partial charge is 0.156 e. The van der Waals surface area contributed by atoms with E-state index in [0.717, 1.165) is 12.8 Å². The van der Waals surface area contributed by atoms with Crippen molar-refractivity contribution >= 4 is 29.4 Å². The predicted octanol–water partition coefficient (Wildman–Crippen LogP) is 2.47. The zero-order valence-electron chi connectivity index (χ0n) is 18.6. The van der Waals surface area contributed by atoms with Gasteiger partial charge < -0.3 is 18.9 Å². The number of benzene rings is 1. The van der Waals surface area contributed by atoms with Crippen LogP contribution in [0.4, 0.5) is 0 Å². The monoisotopic (exact) mass is 426 g/mol. The third kappa shape index (κ3) is 12.1. The van der Waals surface area contributed by atoms with Gasteiger partial charge in [-0.3, -0.25) is 0 Å². The lowest BCUT2D eigenvalue weighted by Gasteiger charge is -2.12. The fraction of sp³-hybridized carbons (Fsp3) is 0.727. The molecular weight excluding hydrogens is 384 g/mol. The topological polar surface area (TPSA) is 36.9 Å². The molecule has 162 valence electrons. The Morgan fingerprint density at radius 2 is 0.929 bits per heavy atom. The van der Waals surface area contributed by atoms with Crippen LogP contribution in [0.1, 0.15) is 51.4 Å². The number of ether oxygens (including phenoxy) is 4. The Bertz CT molecular complexity index is 419. The molecule has 1 aromatic carbocycles. The third-order valence-electron chi connectivity index (χ3n) is 5.39. The maximum atomic E-state index is 5.23. The Kier molecular flexibility index (Phi) is 15.8. The molecule has 4 nitrogen and oxygen atoms in total. The van der Waals surface area contributed by atoms with Crippen molar-refractivity contribution < 1.29 is 18.9 Å². The first kappa shape index (κ1) is 25.5. The lowest BCUT2D eigenvalue weighted by atomic mass is 10.2. The van der Waals surface area contributed by atoms with E-state index in [0.29, 0.717) is 0 Å². The van der Waals surface area contributed by atoms with E-state index in [1.165, 1.54) is 50.6 Å². The molecule has 0 amide bonds. The van der Waals surface area contributed by atoms with Gasteiger partial charge in [0.25, 0.3) is 0 Å². The van der Waals surface area contributed by atoms with Gasteiger partial charge >= 0.3 is 0 Å². The van der Waals surface area contributed by atoms with Gasteiger partial charge in [-0.1, -0.05) is 72.4 Å². The average molecular weight is 427 g/mol. The van der Waals surface area contributed by atoms with E-state index in [1.54, 1.807) is 38.8 Å². The molecule has 0 saturated heterocycles. The number of rotatable bonds is 18. The van der Waals surface area contributed by atoms with Crippen LogP contribution in [0.2, 0.25) is 12.1 Å². The number of hydrogen-bond donors (Lipinski definition) is 0.